The molecular formula is C29H46N2. The van der Waals surface area contributed by atoms with Crippen molar-refractivity contribution in [3.63, 3.8) is 0 Å². The van der Waals surface area contributed by atoms with Gasteiger partial charge in [0.1, 0.15) is 0 Å². The Hall–Kier alpha value is -1.05. The molecule has 8 atom stereocenters. The standard InChI is InChI=1S/C29H46N2/c1-18(2)8-7-9-19(3)23-12-13-25-22-10-11-24-20(4)27-21(17-30-31-27)16-29(24,6)26(22)14-15-28(23,25)5/h10,17-20,23-26H,7-9,11-16H2,1-6H3,(H,30,31)/t19-,20+,23-,24+,25+,26+,28-,29+/m1/s1. The normalized spacial score (nSPS) is 42.4. The maximum Gasteiger partial charge on any atom is 0.0522 e. The summed E-state index contributed by atoms with van der Waals surface area (Å²) in [6.07, 6.45) is 17.4. The number of aromatic nitrogens is 2. The predicted octanol–water partition coefficient (Wildman–Crippen LogP) is 7.93. The lowest BCUT2D eigenvalue weighted by Crippen LogP contribution is -2.50. The average molecular weight is 423 g/mol. The van der Waals surface area contributed by atoms with E-state index >= 15 is 0 Å². The summed E-state index contributed by atoms with van der Waals surface area (Å²) < 4.78 is 0. The zero-order chi connectivity index (χ0) is 22.0. The van der Waals surface area contributed by atoms with Gasteiger partial charge in [0.2, 0.25) is 0 Å². The van der Waals surface area contributed by atoms with Crippen LogP contribution in [0, 0.1) is 46.3 Å². The second-order valence-electron chi connectivity index (χ2n) is 13.0. The van der Waals surface area contributed by atoms with Crippen LogP contribution in [-0.4, -0.2) is 10.2 Å². The number of fused-ring (bicyclic) bond motifs is 6. The van der Waals surface area contributed by atoms with Gasteiger partial charge in [-0.05, 0) is 90.4 Å². The van der Waals surface area contributed by atoms with Gasteiger partial charge in [0.25, 0.3) is 0 Å². The molecule has 1 aromatic rings. The van der Waals surface area contributed by atoms with Crippen LogP contribution in [0.4, 0.5) is 0 Å². The highest BCUT2D eigenvalue weighted by molar-refractivity contribution is 5.35. The van der Waals surface area contributed by atoms with Crippen molar-refractivity contribution in [3.8, 4) is 0 Å². The molecule has 0 saturated heterocycles. The van der Waals surface area contributed by atoms with Gasteiger partial charge in [-0.1, -0.05) is 72.5 Å². The Labute approximate surface area is 191 Å². The highest BCUT2D eigenvalue weighted by Crippen LogP contribution is 2.67. The first-order chi connectivity index (χ1) is 14.8. The van der Waals surface area contributed by atoms with E-state index in [2.05, 4.69) is 64.0 Å². The molecule has 0 aliphatic heterocycles. The van der Waals surface area contributed by atoms with E-state index in [1.807, 2.05) is 5.57 Å². The third-order valence-electron chi connectivity index (χ3n) is 10.9. The number of H-pyrrole nitrogens is 1. The van der Waals surface area contributed by atoms with Crippen molar-refractivity contribution in [1.82, 2.24) is 10.2 Å². The van der Waals surface area contributed by atoms with Gasteiger partial charge in [0, 0.05) is 11.6 Å². The highest BCUT2D eigenvalue weighted by atomic mass is 15.1. The quantitative estimate of drug-likeness (QED) is 0.479. The van der Waals surface area contributed by atoms with Crippen molar-refractivity contribution in [2.75, 3.05) is 0 Å². The molecule has 2 saturated carbocycles. The van der Waals surface area contributed by atoms with Crippen LogP contribution in [0.5, 0.6) is 0 Å². The molecule has 2 heteroatoms. The molecule has 1 aromatic heterocycles. The summed E-state index contributed by atoms with van der Waals surface area (Å²) in [5, 5.41) is 7.78. The molecule has 2 nitrogen and oxygen atoms in total. The van der Waals surface area contributed by atoms with Crippen LogP contribution in [0.1, 0.15) is 110 Å². The van der Waals surface area contributed by atoms with Gasteiger partial charge in [-0.15, -0.1) is 0 Å². The Morgan fingerprint density at radius 3 is 2.61 bits per heavy atom. The zero-order valence-corrected chi connectivity index (χ0v) is 21.0. The minimum Gasteiger partial charge on any atom is -0.282 e. The van der Waals surface area contributed by atoms with Crippen molar-refractivity contribution < 1.29 is 0 Å². The first-order valence-corrected chi connectivity index (χ1v) is 13.5. The van der Waals surface area contributed by atoms with Gasteiger partial charge in [-0.2, -0.15) is 5.10 Å². The van der Waals surface area contributed by atoms with E-state index in [-0.39, 0.29) is 0 Å². The number of allylic oxidation sites excluding steroid dienone is 2. The topological polar surface area (TPSA) is 28.7 Å². The molecule has 172 valence electrons. The van der Waals surface area contributed by atoms with Gasteiger partial charge in [-0.25, -0.2) is 0 Å². The smallest absolute Gasteiger partial charge is 0.0522 e. The van der Waals surface area contributed by atoms with Crippen LogP contribution in [0.15, 0.2) is 17.8 Å². The molecule has 2 fully saturated rings. The second-order valence-corrected chi connectivity index (χ2v) is 13.0. The molecule has 4 aliphatic carbocycles. The monoisotopic (exact) mass is 422 g/mol. The molecule has 0 aromatic carbocycles. The van der Waals surface area contributed by atoms with Crippen molar-refractivity contribution in [2.45, 2.75) is 105 Å². The molecule has 0 amide bonds. The molecule has 0 bridgehead atoms. The Morgan fingerprint density at radius 1 is 1.06 bits per heavy atom. The summed E-state index contributed by atoms with van der Waals surface area (Å²) in [4.78, 5) is 0. The summed E-state index contributed by atoms with van der Waals surface area (Å²) in [6.45, 7) is 15.1. The van der Waals surface area contributed by atoms with Crippen molar-refractivity contribution in [1.29, 1.82) is 0 Å². The lowest BCUT2D eigenvalue weighted by Gasteiger charge is -2.58. The van der Waals surface area contributed by atoms with E-state index in [0.29, 0.717) is 16.7 Å². The average Bonchev–Trinajstić information content (AvgIpc) is 3.31. The SMILES string of the molecule is CC(C)CCC[C@@H](C)[C@H]1CC[C@H]2C3=CC[C@H]4[C@H](C)c5[nH]ncc5C[C@]4(C)[C@H]3CC[C@]12C. The van der Waals surface area contributed by atoms with E-state index in [1.165, 1.54) is 69.0 Å². The summed E-state index contributed by atoms with van der Waals surface area (Å²) in [5.74, 6) is 5.70. The fourth-order valence-corrected chi connectivity index (χ4v) is 9.30. The molecule has 0 radical (unpaired) electrons. The van der Waals surface area contributed by atoms with E-state index in [0.717, 1.165) is 35.5 Å². The fourth-order valence-electron chi connectivity index (χ4n) is 9.30. The van der Waals surface area contributed by atoms with Crippen molar-refractivity contribution >= 4 is 0 Å². The van der Waals surface area contributed by atoms with E-state index in [1.54, 1.807) is 0 Å². The predicted molar refractivity (Wildman–Crippen MR) is 130 cm³/mol. The largest absolute Gasteiger partial charge is 0.282 e. The third kappa shape index (κ3) is 3.29. The van der Waals surface area contributed by atoms with E-state index in [4.69, 9.17) is 0 Å². The fraction of sp³-hybridized carbons (Fsp3) is 0.828. The zero-order valence-electron chi connectivity index (χ0n) is 21.0. The summed E-state index contributed by atoms with van der Waals surface area (Å²) in [6, 6.07) is 0. The van der Waals surface area contributed by atoms with E-state index < -0.39 is 0 Å². The minimum absolute atomic E-state index is 0.419. The number of aromatic amines is 1. The summed E-state index contributed by atoms with van der Waals surface area (Å²) in [5.41, 5.74) is 5.79. The van der Waals surface area contributed by atoms with Gasteiger partial charge >= 0.3 is 0 Å². The number of nitrogens with zero attached hydrogens (tertiary/aromatic N) is 1. The summed E-state index contributed by atoms with van der Waals surface area (Å²) >= 11 is 0. The van der Waals surface area contributed by atoms with Gasteiger partial charge in [-0.3, -0.25) is 5.10 Å². The molecule has 0 unspecified atom stereocenters. The lowest BCUT2D eigenvalue weighted by atomic mass is 9.46. The molecular weight excluding hydrogens is 376 g/mol. The van der Waals surface area contributed by atoms with Gasteiger partial charge in [0.15, 0.2) is 0 Å². The van der Waals surface area contributed by atoms with Crippen LogP contribution < -0.4 is 0 Å². The highest BCUT2D eigenvalue weighted by Gasteiger charge is 2.59. The van der Waals surface area contributed by atoms with E-state index in [9.17, 15) is 0 Å². The third-order valence-corrected chi connectivity index (χ3v) is 10.9. The van der Waals surface area contributed by atoms with Crippen LogP contribution in [0.25, 0.3) is 0 Å². The summed E-state index contributed by atoms with van der Waals surface area (Å²) in [7, 11) is 0. The second kappa shape index (κ2) is 7.77. The molecule has 4 aliphatic rings. The first kappa shape index (κ1) is 21.8. The molecule has 31 heavy (non-hydrogen) atoms. The van der Waals surface area contributed by atoms with Gasteiger partial charge in [0.05, 0.1) is 6.20 Å². The van der Waals surface area contributed by atoms with Crippen molar-refractivity contribution in [3.05, 3.63) is 29.1 Å². The van der Waals surface area contributed by atoms with Crippen LogP contribution in [-0.2, 0) is 6.42 Å². The number of hydrogen-bond acceptors (Lipinski definition) is 1. The van der Waals surface area contributed by atoms with Gasteiger partial charge < -0.3 is 0 Å². The molecule has 0 spiro atoms. The first-order valence-electron chi connectivity index (χ1n) is 13.5. The Balaban J connectivity index is 1.37. The van der Waals surface area contributed by atoms with Crippen LogP contribution >= 0.6 is 0 Å². The number of hydrogen-bond donors (Lipinski definition) is 1. The van der Waals surface area contributed by atoms with Crippen molar-refractivity contribution in [2.24, 2.45) is 46.3 Å². The van der Waals surface area contributed by atoms with Crippen LogP contribution in [0.2, 0.25) is 0 Å². The maximum absolute atomic E-state index is 4.43. The maximum atomic E-state index is 4.43. The number of nitrogens with one attached hydrogen (secondary N) is 1. The number of rotatable bonds is 5. The van der Waals surface area contributed by atoms with Crippen LogP contribution in [0.3, 0.4) is 0 Å². The Bertz CT molecular complexity index is 834. The molecule has 1 N–H and O–H groups in total. The molecule has 1 heterocycles. The molecule has 5 rings (SSSR count). The lowest BCUT2D eigenvalue weighted by molar-refractivity contribution is 0.000989. The Kier molecular flexibility index (Phi) is 5.46. The minimum atomic E-state index is 0.419. The Morgan fingerprint density at radius 2 is 1.84 bits per heavy atom.